The molecule has 134 valence electrons. The lowest BCUT2D eigenvalue weighted by Gasteiger charge is -2.31. The van der Waals surface area contributed by atoms with E-state index in [1.807, 2.05) is 19.9 Å². The first-order valence-corrected chi connectivity index (χ1v) is 8.47. The first kappa shape index (κ1) is 19.0. The van der Waals surface area contributed by atoms with Gasteiger partial charge in [-0.1, -0.05) is 25.4 Å². The van der Waals surface area contributed by atoms with Gasteiger partial charge < -0.3 is 15.2 Å². The van der Waals surface area contributed by atoms with Gasteiger partial charge in [0, 0.05) is 11.6 Å². The van der Waals surface area contributed by atoms with Crippen LogP contribution in [0.25, 0.3) is 10.9 Å². The minimum absolute atomic E-state index is 0.128. The SMILES string of the molecule is CCC(CC)(CC(=O)O)NC(=O)COc1ccc(Cl)c2cccnc12. The van der Waals surface area contributed by atoms with Gasteiger partial charge >= 0.3 is 5.97 Å². The summed E-state index contributed by atoms with van der Waals surface area (Å²) in [6.07, 6.45) is 2.54. The van der Waals surface area contributed by atoms with E-state index in [9.17, 15) is 9.59 Å². The fraction of sp³-hybridized carbons (Fsp3) is 0.389. The second kappa shape index (κ2) is 8.16. The van der Waals surface area contributed by atoms with Gasteiger partial charge in [-0.15, -0.1) is 0 Å². The summed E-state index contributed by atoms with van der Waals surface area (Å²) in [6, 6.07) is 6.94. The molecule has 6 nitrogen and oxygen atoms in total. The molecule has 0 atom stereocenters. The molecule has 1 aromatic heterocycles. The van der Waals surface area contributed by atoms with Crippen LogP contribution in [0.15, 0.2) is 30.5 Å². The summed E-state index contributed by atoms with van der Waals surface area (Å²) in [5, 5.41) is 13.2. The van der Waals surface area contributed by atoms with Crippen molar-refractivity contribution >= 4 is 34.4 Å². The zero-order valence-electron chi connectivity index (χ0n) is 14.2. The van der Waals surface area contributed by atoms with Gasteiger partial charge in [0.25, 0.3) is 5.91 Å². The molecule has 0 unspecified atom stereocenters. The Labute approximate surface area is 151 Å². The van der Waals surface area contributed by atoms with Crippen LogP contribution in [0.3, 0.4) is 0 Å². The summed E-state index contributed by atoms with van der Waals surface area (Å²) in [7, 11) is 0. The number of fused-ring (bicyclic) bond motifs is 1. The maximum absolute atomic E-state index is 12.3. The summed E-state index contributed by atoms with van der Waals surface area (Å²) >= 11 is 6.13. The van der Waals surface area contributed by atoms with Crippen molar-refractivity contribution in [1.82, 2.24) is 10.3 Å². The van der Waals surface area contributed by atoms with Crippen LogP contribution in [0, 0.1) is 0 Å². The number of ether oxygens (including phenoxy) is 1. The molecule has 2 N–H and O–H groups in total. The molecule has 1 heterocycles. The Hall–Kier alpha value is -2.34. The van der Waals surface area contributed by atoms with E-state index in [-0.39, 0.29) is 18.9 Å². The quantitative estimate of drug-likeness (QED) is 0.749. The number of rotatable bonds is 8. The summed E-state index contributed by atoms with van der Waals surface area (Å²) in [5.41, 5.74) is -0.197. The third kappa shape index (κ3) is 4.60. The highest BCUT2D eigenvalue weighted by atomic mass is 35.5. The topological polar surface area (TPSA) is 88.5 Å². The minimum atomic E-state index is -0.946. The number of nitrogens with zero attached hydrogens (tertiary/aromatic N) is 1. The molecule has 1 aromatic carbocycles. The average molecular weight is 365 g/mol. The highest BCUT2D eigenvalue weighted by Crippen LogP contribution is 2.29. The first-order chi connectivity index (χ1) is 11.9. The number of carboxylic acids is 1. The molecule has 7 heteroatoms. The number of nitrogens with one attached hydrogen (secondary N) is 1. The van der Waals surface area contributed by atoms with Crippen LogP contribution in [-0.4, -0.2) is 34.1 Å². The molecule has 0 bridgehead atoms. The van der Waals surface area contributed by atoms with Gasteiger partial charge in [-0.25, -0.2) is 0 Å². The highest BCUT2D eigenvalue weighted by molar-refractivity contribution is 6.35. The van der Waals surface area contributed by atoms with E-state index in [1.165, 1.54) is 0 Å². The molecule has 0 fully saturated rings. The molecule has 2 rings (SSSR count). The molecule has 2 aromatic rings. The van der Waals surface area contributed by atoms with E-state index >= 15 is 0 Å². The van der Waals surface area contributed by atoms with Crippen LogP contribution in [0.4, 0.5) is 0 Å². The standard InChI is InChI=1S/C18H21ClN2O4/c1-3-18(4-2,10-16(23)24)21-15(22)11-25-14-8-7-13(19)12-6-5-9-20-17(12)14/h5-9H,3-4,10-11H2,1-2H3,(H,21,22)(H,23,24). The van der Waals surface area contributed by atoms with E-state index in [1.54, 1.807) is 24.4 Å². The van der Waals surface area contributed by atoms with Crippen molar-refractivity contribution < 1.29 is 19.4 Å². The maximum atomic E-state index is 12.3. The van der Waals surface area contributed by atoms with Gasteiger partial charge in [-0.2, -0.15) is 0 Å². The second-order valence-corrected chi connectivity index (χ2v) is 6.25. The van der Waals surface area contributed by atoms with E-state index in [4.69, 9.17) is 21.4 Å². The number of halogens is 1. The lowest BCUT2D eigenvalue weighted by molar-refractivity contribution is -0.139. The van der Waals surface area contributed by atoms with E-state index in [0.717, 1.165) is 5.39 Å². The van der Waals surface area contributed by atoms with Crippen LogP contribution in [0.2, 0.25) is 5.02 Å². The Morgan fingerprint density at radius 3 is 2.64 bits per heavy atom. The van der Waals surface area contributed by atoms with Gasteiger partial charge in [0.15, 0.2) is 6.61 Å². The lowest BCUT2D eigenvalue weighted by Crippen LogP contribution is -2.50. The molecule has 25 heavy (non-hydrogen) atoms. The average Bonchev–Trinajstić information content (AvgIpc) is 2.60. The van der Waals surface area contributed by atoms with Crippen molar-refractivity contribution in [3.63, 3.8) is 0 Å². The Balaban J connectivity index is 2.10. The van der Waals surface area contributed by atoms with Crippen molar-refractivity contribution in [2.24, 2.45) is 0 Å². The molecule has 1 amide bonds. The first-order valence-electron chi connectivity index (χ1n) is 8.09. The zero-order valence-corrected chi connectivity index (χ0v) is 15.0. The molecule has 0 aliphatic rings. The number of benzene rings is 1. The monoisotopic (exact) mass is 364 g/mol. The van der Waals surface area contributed by atoms with Gasteiger partial charge in [-0.05, 0) is 37.1 Å². The number of aliphatic carboxylic acids is 1. The maximum Gasteiger partial charge on any atom is 0.305 e. The molecular weight excluding hydrogens is 344 g/mol. The number of carbonyl (C=O) groups is 2. The van der Waals surface area contributed by atoms with Gasteiger partial charge in [-0.3, -0.25) is 14.6 Å². The summed E-state index contributed by atoms with van der Waals surface area (Å²) in [4.78, 5) is 27.6. The Morgan fingerprint density at radius 2 is 2.00 bits per heavy atom. The van der Waals surface area contributed by atoms with Gasteiger partial charge in [0.05, 0.1) is 17.0 Å². The second-order valence-electron chi connectivity index (χ2n) is 5.84. The fourth-order valence-corrected chi connectivity index (χ4v) is 2.93. The molecular formula is C18H21ClN2O4. The van der Waals surface area contributed by atoms with E-state index < -0.39 is 11.5 Å². The molecule has 0 saturated carbocycles. The van der Waals surface area contributed by atoms with E-state index in [2.05, 4.69) is 10.3 Å². The van der Waals surface area contributed by atoms with Gasteiger partial charge in [0.2, 0.25) is 0 Å². The number of amides is 1. The Morgan fingerprint density at radius 1 is 1.28 bits per heavy atom. The molecule has 0 radical (unpaired) electrons. The normalized spacial score (nSPS) is 11.3. The summed E-state index contributed by atoms with van der Waals surface area (Å²) in [6.45, 7) is 3.48. The number of hydrogen-bond acceptors (Lipinski definition) is 4. The van der Waals surface area contributed by atoms with Crippen molar-refractivity contribution in [1.29, 1.82) is 0 Å². The highest BCUT2D eigenvalue weighted by Gasteiger charge is 2.31. The van der Waals surface area contributed by atoms with E-state index in [0.29, 0.717) is 29.1 Å². The minimum Gasteiger partial charge on any atom is -0.481 e. The number of hydrogen-bond donors (Lipinski definition) is 2. The molecule has 0 saturated heterocycles. The zero-order chi connectivity index (χ0) is 18.4. The third-order valence-electron chi connectivity index (χ3n) is 4.29. The lowest BCUT2D eigenvalue weighted by atomic mass is 9.89. The van der Waals surface area contributed by atoms with Crippen molar-refractivity contribution in [2.75, 3.05) is 6.61 Å². The number of aromatic nitrogens is 1. The van der Waals surface area contributed by atoms with Crippen LogP contribution >= 0.6 is 11.6 Å². The number of pyridine rings is 1. The number of carboxylic acid groups (broad SMARTS) is 1. The third-order valence-corrected chi connectivity index (χ3v) is 4.62. The molecule has 0 spiro atoms. The molecule has 0 aliphatic carbocycles. The largest absolute Gasteiger partial charge is 0.481 e. The van der Waals surface area contributed by atoms with Crippen LogP contribution < -0.4 is 10.1 Å². The van der Waals surface area contributed by atoms with Crippen LogP contribution in [-0.2, 0) is 9.59 Å². The van der Waals surface area contributed by atoms with Crippen molar-refractivity contribution in [2.45, 2.75) is 38.6 Å². The predicted octanol–water partition coefficient (Wildman–Crippen LogP) is 3.42. The van der Waals surface area contributed by atoms with Gasteiger partial charge in [0.1, 0.15) is 11.3 Å². The number of carbonyl (C=O) groups excluding carboxylic acids is 1. The Kier molecular flexibility index (Phi) is 6.20. The predicted molar refractivity (Wildman–Crippen MR) is 96.0 cm³/mol. The fourth-order valence-electron chi connectivity index (χ4n) is 2.71. The summed E-state index contributed by atoms with van der Waals surface area (Å²) < 4.78 is 5.60. The van der Waals surface area contributed by atoms with Crippen LogP contribution in [0.5, 0.6) is 5.75 Å². The van der Waals surface area contributed by atoms with Crippen LogP contribution in [0.1, 0.15) is 33.1 Å². The van der Waals surface area contributed by atoms with Crippen molar-refractivity contribution in [3.8, 4) is 5.75 Å². The smallest absolute Gasteiger partial charge is 0.305 e. The van der Waals surface area contributed by atoms with Crippen molar-refractivity contribution in [3.05, 3.63) is 35.5 Å². The Bertz CT molecular complexity index is 775. The molecule has 0 aliphatic heterocycles. The summed E-state index contributed by atoms with van der Waals surface area (Å²) in [5.74, 6) is -0.867.